The Kier molecular flexibility index (Phi) is 3.50. The molecule has 0 bridgehead atoms. The number of nitrogens with two attached hydrogens (primary N) is 1. The smallest absolute Gasteiger partial charge is 0.169 e. The van der Waals surface area contributed by atoms with Gasteiger partial charge in [-0.05, 0) is 46.3 Å². The molecule has 2 heterocycles. The lowest BCUT2D eigenvalue weighted by Gasteiger charge is -2.06. The first-order valence-electron chi connectivity index (χ1n) is 5.61. The van der Waals surface area contributed by atoms with Gasteiger partial charge in [-0.3, -0.25) is 0 Å². The number of benzene rings is 1. The molecule has 0 unspecified atom stereocenters. The van der Waals surface area contributed by atoms with E-state index in [0.29, 0.717) is 37.7 Å². The van der Waals surface area contributed by atoms with E-state index in [9.17, 15) is 0 Å². The molecule has 7 heteroatoms. The number of aromatic nitrogens is 2. The van der Waals surface area contributed by atoms with Crippen LogP contribution < -0.4 is 5.73 Å². The highest BCUT2D eigenvalue weighted by Crippen LogP contribution is 2.30. The molecule has 20 heavy (non-hydrogen) atoms. The Hall–Kier alpha value is -1.43. The summed E-state index contributed by atoms with van der Waals surface area (Å²) in [4.78, 5) is 0. The number of anilines is 1. The van der Waals surface area contributed by atoms with Gasteiger partial charge in [-0.2, -0.15) is 5.10 Å². The fraction of sp³-hybridized carbons (Fsp3) is 0. The van der Waals surface area contributed by atoms with Crippen LogP contribution in [0.1, 0.15) is 0 Å². The zero-order chi connectivity index (χ0) is 14.3. The Morgan fingerprint density at radius 1 is 1.15 bits per heavy atom. The third kappa shape index (κ3) is 2.44. The molecule has 0 atom stereocenters. The second kappa shape index (κ2) is 5.16. The van der Waals surface area contributed by atoms with Crippen LogP contribution in [-0.2, 0) is 0 Å². The molecule has 0 aliphatic carbocycles. The third-order valence-corrected chi connectivity index (χ3v) is 3.66. The van der Waals surface area contributed by atoms with Crippen molar-refractivity contribution in [3.8, 4) is 17.1 Å². The van der Waals surface area contributed by atoms with Gasteiger partial charge >= 0.3 is 0 Å². The molecule has 4 nitrogen and oxygen atoms in total. The van der Waals surface area contributed by atoms with Crippen LogP contribution in [0.4, 0.5) is 5.82 Å². The predicted octanol–water partition coefficient (Wildman–Crippen LogP) is 4.78. The summed E-state index contributed by atoms with van der Waals surface area (Å²) < 4.78 is 7.63. The minimum atomic E-state index is 0.455. The third-order valence-electron chi connectivity index (χ3n) is 2.70. The van der Waals surface area contributed by atoms with Crippen LogP contribution in [0.3, 0.4) is 0 Å². The highest BCUT2D eigenvalue weighted by atomic mass is 79.9. The van der Waals surface area contributed by atoms with Crippen molar-refractivity contribution >= 4 is 44.9 Å². The van der Waals surface area contributed by atoms with Crippen LogP contribution in [0.2, 0.25) is 10.0 Å². The van der Waals surface area contributed by atoms with Crippen molar-refractivity contribution in [3.63, 3.8) is 0 Å². The Labute approximate surface area is 133 Å². The van der Waals surface area contributed by atoms with E-state index in [1.54, 1.807) is 41.1 Å². The maximum absolute atomic E-state index is 6.16. The topological polar surface area (TPSA) is 57.0 Å². The van der Waals surface area contributed by atoms with Gasteiger partial charge in [0.2, 0.25) is 0 Å². The van der Waals surface area contributed by atoms with E-state index in [1.807, 2.05) is 0 Å². The van der Waals surface area contributed by atoms with Gasteiger partial charge in [0.1, 0.15) is 11.5 Å². The monoisotopic (exact) mass is 371 g/mol. The van der Waals surface area contributed by atoms with Crippen molar-refractivity contribution in [3.05, 3.63) is 51.1 Å². The molecule has 0 aliphatic rings. The zero-order valence-electron chi connectivity index (χ0n) is 9.98. The van der Waals surface area contributed by atoms with Gasteiger partial charge in [-0.25, -0.2) is 4.68 Å². The Balaban J connectivity index is 2.09. The summed E-state index contributed by atoms with van der Waals surface area (Å²) in [7, 11) is 0. The fourth-order valence-corrected chi connectivity index (χ4v) is 2.61. The lowest BCUT2D eigenvalue weighted by molar-refractivity contribution is 0.553. The van der Waals surface area contributed by atoms with E-state index in [2.05, 4.69) is 21.0 Å². The van der Waals surface area contributed by atoms with Gasteiger partial charge in [-0.15, -0.1) is 0 Å². The minimum Gasteiger partial charge on any atom is -0.448 e. The fourth-order valence-electron chi connectivity index (χ4n) is 1.81. The summed E-state index contributed by atoms with van der Waals surface area (Å²) >= 11 is 15.3. The van der Waals surface area contributed by atoms with Crippen LogP contribution >= 0.6 is 39.1 Å². The van der Waals surface area contributed by atoms with E-state index in [0.717, 1.165) is 0 Å². The molecule has 0 radical (unpaired) electrons. The standard InChI is InChI=1S/C13H8BrCl2N3O/c14-12-4-3-11(20-12)9-6-13(17)19(18-9)10-2-1-7(15)5-8(10)16/h1-6H,17H2. The van der Waals surface area contributed by atoms with Gasteiger partial charge in [0.25, 0.3) is 0 Å². The van der Waals surface area contributed by atoms with Crippen molar-refractivity contribution < 1.29 is 4.42 Å². The highest BCUT2D eigenvalue weighted by Gasteiger charge is 2.13. The first-order chi connectivity index (χ1) is 9.54. The molecule has 0 saturated carbocycles. The number of furan rings is 1. The van der Waals surface area contributed by atoms with Crippen LogP contribution in [0.15, 0.2) is 45.5 Å². The highest BCUT2D eigenvalue weighted by molar-refractivity contribution is 9.10. The van der Waals surface area contributed by atoms with Crippen LogP contribution in [0.25, 0.3) is 17.1 Å². The molecular weight excluding hydrogens is 365 g/mol. The van der Waals surface area contributed by atoms with Crippen LogP contribution in [0.5, 0.6) is 0 Å². The first kappa shape index (κ1) is 13.5. The largest absolute Gasteiger partial charge is 0.448 e. The first-order valence-corrected chi connectivity index (χ1v) is 7.16. The lowest BCUT2D eigenvalue weighted by atomic mass is 10.3. The van der Waals surface area contributed by atoms with Crippen LogP contribution in [0, 0.1) is 0 Å². The Morgan fingerprint density at radius 2 is 1.95 bits per heavy atom. The number of hydrogen-bond donors (Lipinski definition) is 1. The molecule has 0 saturated heterocycles. The van der Waals surface area contributed by atoms with E-state index in [-0.39, 0.29) is 0 Å². The van der Waals surface area contributed by atoms with Gasteiger partial charge in [-0.1, -0.05) is 23.2 Å². The summed E-state index contributed by atoms with van der Waals surface area (Å²) in [5.41, 5.74) is 7.26. The van der Waals surface area contributed by atoms with Crippen molar-refractivity contribution in [2.24, 2.45) is 0 Å². The second-order valence-corrected chi connectivity index (χ2v) is 5.69. The van der Waals surface area contributed by atoms with Gasteiger partial charge in [0.15, 0.2) is 10.4 Å². The summed E-state index contributed by atoms with van der Waals surface area (Å²) in [6.45, 7) is 0. The van der Waals surface area contributed by atoms with Crippen molar-refractivity contribution in [2.45, 2.75) is 0 Å². The van der Waals surface area contributed by atoms with Crippen LogP contribution in [-0.4, -0.2) is 9.78 Å². The number of nitrogen functional groups attached to an aromatic ring is 1. The van der Waals surface area contributed by atoms with Crippen molar-refractivity contribution in [1.29, 1.82) is 0 Å². The minimum absolute atomic E-state index is 0.455. The molecule has 3 rings (SSSR count). The molecule has 2 aromatic heterocycles. The maximum atomic E-state index is 6.16. The summed E-state index contributed by atoms with van der Waals surface area (Å²) in [5, 5.41) is 5.43. The molecule has 2 N–H and O–H groups in total. The Morgan fingerprint density at radius 3 is 2.60 bits per heavy atom. The molecule has 0 fully saturated rings. The van der Waals surface area contributed by atoms with E-state index >= 15 is 0 Å². The summed E-state index contributed by atoms with van der Waals surface area (Å²) in [5.74, 6) is 1.07. The molecular formula is C13H8BrCl2N3O. The average molecular weight is 373 g/mol. The number of nitrogens with zero attached hydrogens (tertiary/aromatic N) is 2. The summed E-state index contributed by atoms with van der Waals surface area (Å²) in [6, 6.07) is 10.4. The molecule has 3 aromatic rings. The van der Waals surface area contributed by atoms with Gasteiger partial charge < -0.3 is 10.2 Å². The van der Waals surface area contributed by atoms with E-state index < -0.39 is 0 Å². The van der Waals surface area contributed by atoms with E-state index in [1.165, 1.54) is 0 Å². The Bertz CT molecular complexity index is 782. The van der Waals surface area contributed by atoms with Crippen molar-refractivity contribution in [2.75, 3.05) is 5.73 Å². The number of rotatable bonds is 2. The molecule has 0 spiro atoms. The maximum Gasteiger partial charge on any atom is 0.169 e. The number of halogens is 3. The average Bonchev–Trinajstić information content (AvgIpc) is 2.96. The lowest BCUT2D eigenvalue weighted by Crippen LogP contribution is -2.02. The molecule has 0 amide bonds. The molecule has 102 valence electrons. The molecule has 0 aliphatic heterocycles. The second-order valence-electron chi connectivity index (χ2n) is 4.07. The van der Waals surface area contributed by atoms with Gasteiger partial charge in [0.05, 0.1) is 10.7 Å². The SMILES string of the molecule is Nc1cc(-c2ccc(Br)o2)nn1-c1ccc(Cl)cc1Cl. The summed E-state index contributed by atoms with van der Waals surface area (Å²) in [6.07, 6.45) is 0. The number of hydrogen-bond acceptors (Lipinski definition) is 3. The van der Waals surface area contributed by atoms with Crippen molar-refractivity contribution in [1.82, 2.24) is 9.78 Å². The van der Waals surface area contributed by atoms with Gasteiger partial charge in [0, 0.05) is 11.1 Å². The van der Waals surface area contributed by atoms with E-state index in [4.69, 9.17) is 33.4 Å². The molecule has 1 aromatic carbocycles. The normalized spacial score (nSPS) is 10.9. The zero-order valence-corrected chi connectivity index (χ0v) is 13.1. The predicted molar refractivity (Wildman–Crippen MR) is 83.4 cm³/mol. The quantitative estimate of drug-likeness (QED) is 0.703.